The van der Waals surface area contributed by atoms with Gasteiger partial charge in [0.1, 0.15) is 0 Å². The Bertz CT molecular complexity index is 1390. The Hall–Kier alpha value is -3.07. The molecule has 0 bridgehead atoms. The van der Waals surface area contributed by atoms with E-state index in [-0.39, 0.29) is 5.69 Å². The van der Waals surface area contributed by atoms with E-state index in [2.05, 4.69) is 81.0 Å². The summed E-state index contributed by atoms with van der Waals surface area (Å²) in [5.74, 6) is 0.318. The zero-order valence-corrected chi connectivity index (χ0v) is 19.8. The van der Waals surface area contributed by atoms with Crippen LogP contribution in [0.4, 0.5) is 0 Å². The zero-order chi connectivity index (χ0) is 22.7. The molecule has 0 spiro atoms. The van der Waals surface area contributed by atoms with E-state index in [0.29, 0.717) is 17.9 Å². The van der Waals surface area contributed by atoms with Gasteiger partial charge in [0.05, 0.1) is 11.0 Å². The molecule has 0 fully saturated rings. The van der Waals surface area contributed by atoms with Crippen LogP contribution in [0.15, 0.2) is 71.3 Å². The van der Waals surface area contributed by atoms with Gasteiger partial charge in [-0.05, 0) is 77.1 Å². The molecule has 0 saturated carbocycles. The van der Waals surface area contributed by atoms with Crippen molar-refractivity contribution in [2.45, 2.75) is 32.2 Å². The predicted molar refractivity (Wildman–Crippen MR) is 136 cm³/mol. The molecule has 0 aliphatic carbocycles. The van der Waals surface area contributed by atoms with Gasteiger partial charge in [-0.3, -0.25) is 9.78 Å². The molecule has 0 saturated heterocycles. The number of hydrogen-bond acceptors (Lipinski definition) is 4. The van der Waals surface area contributed by atoms with Crippen LogP contribution in [0.5, 0.6) is 0 Å². The highest BCUT2D eigenvalue weighted by Gasteiger charge is 2.19. The monoisotopic (exact) mass is 538 g/mol. The maximum atomic E-state index is 12.4. The Balaban J connectivity index is 1.74. The molecule has 0 radical (unpaired) electrons. The Morgan fingerprint density at radius 2 is 1.72 bits per heavy atom. The third-order valence-electron chi connectivity index (χ3n) is 5.39. The van der Waals surface area contributed by atoms with E-state index in [1.807, 2.05) is 22.8 Å². The van der Waals surface area contributed by atoms with Gasteiger partial charge in [-0.2, -0.15) is 4.98 Å². The van der Waals surface area contributed by atoms with Crippen molar-refractivity contribution in [3.63, 3.8) is 0 Å². The molecule has 2 aromatic rings. The molecule has 6 nitrogen and oxygen atoms in total. The Kier molecular flexibility index (Phi) is 6.64. The van der Waals surface area contributed by atoms with Crippen molar-refractivity contribution < 1.29 is 0 Å². The number of aromatic nitrogens is 4. The van der Waals surface area contributed by atoms with Gasteiger partial charge in [0.25, 0.3) is 5.56 Å². The van der Waals surface area contributed by atoms with E-state index in [4.69, 9.17) is 0 Å². The lowest BCUT2D eigenvalue weighted by molar-refractivity contribution is 0.648. The van der Waals surface area contributed by atoms with Crippen LogP contribution in [-0.2, 0) is 25.8 Å². The normalized spacial score (nSPS) is 11.2. The quantitative estimate of drug-likeness (QED) is 0.206. The highest BCUT2D eigenvalue weighted by molar-refractivity contribution is 14.1. The molecule has 1 N–H and O–H groups in total. The fraction of sp³-hybridized carbons (Fsp3) is 0.200. The predicted octanol–water partition coefficient (Wildman–Crippen LogP) is 4.28. The molecule has 2 aromatic carbocycles. The minimum atomic E-state index is -0.660. The summed E-state index contributed by atoms with van der Waals surface area (Å²) in [7, 11) is 0. The molecule has 0 amide bonds. The van der Waals surface area contributed by atoms with E-state index in [1.54, 1.807) is 0 Å². The average Bonchev–Trinajstić information content (AvgIpc) is 2.76. The first-order valence-corrected chi connectivity index (χ1v) is 11.5. The largest absolute Gasteiger partial charge is 0.349 e. The molecule has 2 aliphatic rings. The first-order valence-electron chi connectivity index (χ1n) is 10.4. The number of rotatable bonds is 8. The van der Waals surface area contributed by atoms with Crippen molar-refractivity contribution in [1.82, 2.24) is 19.5 Å². The number of nitrogens with zero attached hydrogens (tertiary/aromatic N) is 3. The number of aromatic amines is 1. The number of benzene rings is 2. The smallest absolute Gasteiger partial charge is 0.322 e. The van der Waals surface area contributed by atoms with Crippen LogP contribution >= 0.6 is 22.6 Å². The van der Waals surface area contributed by atoms with Crippen LogP contribution in [0, 0.1) is 3.57 Å². The number of H-pyrrole nitrogens is 1. The second-order valence-corrected chi connectivity index (χ2v) is 8.81. The van der Waals surface area contributed by atoms with Crippen LogP contribution in [0.3, 0.4) is 0 Å². The molecule has 0 atom stereocenters. The number of halogens is 1. The second kappa shape index (κ2) is 9.60. The van der Waals surface area contributed by atoms with Gasteiger partial charge in [-0.1, -0.05) is 36.4 Å². The summed E-state index contributed by atoms with van der Waals surface area (Å²) in [6, 6.07) is 12.5. The molecular formula is C25H23IN4O2. The third-order valence-corrected chi connectivity index (χ3v) is 6.40. The minimum absolute atomic E-state index is 0.179. The first kappa shape index (κ1) is 22.1. The molecule has 4 rings (SSSR count). The van der Waals surface area contributed by atoms with Crippen LogP contribution in [-0.4, -0.2) is 19.5 Å². The summed E-state index contributed by atoms with van der Waals surface area (Å²) in [5.41, 5.74) is 4.15. The zero-order valence-electron chi connectivity index (χ0n) is 17.6. The van der Waals surface area contributed by atoms with Crippen molar-refractivity contribution in [2.75, 3.05) is 0 Å². The Morgan fingerprint density at radius 3 is 2.44 bits per heavy atom. The van der Waals surface area contributed by atoms with Crippen LogP contribution in [0.1, 0.15) is 23.1 Å². The highest BCUT2D eigenvalue weighted by atomic mass is 127. The number of aryl methyl sites for hydroxylation is 2. The van der Waals surface area contributed by atoms with Gasteiger partial charge in [-0.15, -0.1) is 13.2 Å². The fourth-order valence-electron chi connectivity index (χ4n) is 3.85. The first-order chi connectivity index (χ1) is 15.5. The van der Waals surface area contributed by atoms with Crippen molar-refractivity contribution in [1.29, 1.82) is 0 Å². The maximum absolute atomic E-state index is 12.4. The van der Waals surface area contributed by atoms with E-state index in [9.17, 15) is 9.59 Å². The SMILES string of the molecule is C=CCc1ccc(CCCn2c3nc(=O)[nH]c(=O)c-3nc3cc(I)c(CC=C)cc32)cc1. The average molecular weight is 538 g/mol. The summed E-state index contributed by atoms with van der Waals surface area (Å²) < 4.78 is 3.00. The van der Waals surface area contributed by atoms with Crippen molar-refractivity contribution in [2.24, 2.45) is 0 Å². The highest BCUT2D eigenvalue weighted by Crippen LogP contribution is 2.26. The van der Waals surface area contributed by atoms with Crippen molar-refractivity contribution in [3.8, 4) is 11.5 Å². The van der Waals surface area contributed by atoms with E-state index in [1.165, 1.54) is 11.1 Å². The molecule has 0 aromatic heterocycles. The van der Waals surface area contributed by atoms with Gasteiger partial charge >= 0.3 is 5.69 Å². The Labute approximate surface area is 199 Å². The third kappa shape index (κ3) is 4.57. The van der Waals surface area contributed by atoms with Crippen LogP contribution in [0.25, 0.3) is 22.6 Å². The number of fused-ring (bicyclic) bond motifs is 2. The van der Waals surface area contributed by atoms with Gasteiger partial charge < -0.3 is 4.57 Å². The van der Waals surface area contributed by atoms with Gasteiger partial charge in [0.15, 0.2) is 11.5 Å². The Morgan fingerprint density at radius 1 is 1.00 bits per heavy atom. The summed E-state index contributed by atoms with van der Waals surface area (Å²) in [5, 5.41) is 0. The van der Waals surface area contributed by atoms with Crippen LogP contribution in [0.2, 0.25) is 0 Å². The van der Waals surface area contributed by atoms with Gasteiger partial charge in [0, 0.05) is 10.1 Å². The maximum Gasteiger partial charge on any atom is 0.349 e. The van der Waals surface area contributed by atoms with E-state index < -0.39 is 11.2 Å². The standard InChI is InChI=1S/C25H23IN4O2/c1-3-6-16-9-11-17(12-10-16)8-5-13-30-21-14-18(7-4-2)19(26)15-20(21)27-22-23(30)28-25(32)29-24(22)31/h3-4,9-12,14-15H,1-2,5-8,13H2,(H,29,31,32). The lowest BCUT2D eigenvalue weighted by atomic mass is 10.1. The molecule has 2 heterocycles. The van der Waals surface area contributed by atoms with E-state index >= 15 is 0 Å². The van der Waals surface area contributed by atoms with Crippen molar-refractivity contribution >= 4 is 33.6 Å². The fourth-order valence-corrected chi connectivity index (χ4v) is 4.52. The summed E-state index contributed by atoms with van der Waals surface area (Å²) in [6.07, 6.45) is 7.02. The lowest BCUT2D eigenvalue weighted by Crippen LogP contribution is -2.29. The molecule has 2 aliphatic heterocycles. The lowest BCUT2D eigenvalue weighted by Gasteiger charge is -2.18. The minimum Gasteiger partial charge on any atom is -0.322 e. The van der Waals surface area contributed by atoms with Crippen molar-refractivity contribution in [3.05, 3.63) is 103 Å². The second-order valence-electron chi connectivity index (χ2n) is 7.64. The molecule has 0 unspecified atom stereocenters. The van der Waals surface area contributed by atoms with Gasteiger partial charge in [0.2, 0.25) is 0 Å². The van der Waals surface area contributed by atoms with Crippen LogP contribution < -0.4 is 11.2 Å². The van der Waals surface area contributed by atoms with E-state index in [0.717, 1.165) is 40.3 Å². The summed E-state index contributed by atoms with van der Waals surface area (Å²) >= 11 is 2.27. The topological polar surface area (TPSA) is 80.6 Å². The number of allylic oxidation sites excluding steroid dienone is 2. The number of hydrogen-bond donors (Lipinski definition) is 1. The molecule has 32 heavy (non-hydrogen) atoms. The molecule has 7 heteroatoms. The summed E-state index contributed by atoms with van der Waals surface area (Å²) in [6.45, 7) is 8.23. The number of nitrogens with one attached hydrogen (secondary N) is 1. The molecule has 162 valence electrons. The van der Waals surface area contributed by atoms with Gasteiger partial charge in [-0.25, -0.2) is 9.78 Å². The molecular weight excluding hydrogens is 515 g/mol. The summed E-state index contributed by atoms with van der Waals surface area (Å²) in [4.78, 5) is 35.3.